The van der Waals surface area contributed by atoms with Gasteiger partial charge >= 0.3 is 38.2 Å². The Morgan fingerprint density at radius 3 is 0.906 bits per heavy atom. The maximum Gasteiger partial charge on any atom is 0.544 e. The van der Waals surface area contributed by atoms with Crippen molar-refractivity contribution < 1.29 is 146 Å². The number of alkyl halides is 18. The third kappa shape index (κ3) is 36.6. The van der Waals surface area contributed by atoms with Gasteiger partial charge in [0.1, 0.15) is 11.6 Å². The lowest BCUT2D eigenvalue weighted by Crippen LogP contribution is -2.35. The molecule has 6 amide bonds. The number of hydrogen-bond donors (Lipinski definition) is 0. The van der Waals surface area contributed by atoms with Crippen LogP contribution >= 0.6 is 66.1 Å². The fourth-order valence-corrected chi connectivity index (χ4v) is 7.12. The number of carbonyl (C=O) groups is 6. The lowest BCUT2D eigenvalue weighted by atomic mass is 10.3. The molecule has 528 valence electrons. The van der Waals surface area contributed by atoms with Crippen molar-refractivity contribution in [3.05, 3.63) is 175 Å². The molecule has 0 heterocycles. The van der Waals surface area contributed by atoms with Gasteiger partial charge < -0.3 is 0 Å². The van der Waals surface area contributed by atoms with Crippen molar-refractivity contribution in [3.8, 4) is 0 Å². The normalized spacial score (nSPS) is 11.3. The van der Waals surface area contributed by atoms with Crippen LogP contribution in [-0.4, -0.2) is 73.6 Å². The Hall–Kier alpha value is -7.52. The Morgan fingerprint density at radius 2 is 0.615 bits per heavy atom. The Labute approximate surface area is 563 Å². The van der Waals surface area contributed by atoms with Gasteiger partial charge in [-0.3, -0.25) is 28.8 Å². The summed E-state index contributed by atoms with van der Waals surface area (Å²) in [5.41, 5.74) is -0.545. The van der Waals surface area contributed by atoms with Crippen molar-refractivity contribution in [2.45, 2.75) is 79.7 Å². The van der Waals surface area contributed by atoms with Crippen LogP contribution in [0.25, 0.3) is 0 Å². The fraction of sp³-hybridized carbons (Fsp3) is 0.222. The van der Waals surface area contributed by atoms with Gasteiger partial charge in [0.2, 0.25) is 35.4 Å². The number of amides is 6. The van der Waals surface area contributed by atoms with Crippen LogP contribution in [0.2, 0.25) is 5.02 Å². The molecular weight excluding hydrogens is 1630 g/mol. The lowest BCUT2D eigenvalue weighted by molar-refractivity contribution is -0.327. The molecule has 0 aromatic heterocycles. The van der Waals surface area contributed by atoms with Crippen molar-refractivity contribution in [1.29, 1.82) is 0 Å². The van der Waals surface area contributed by atoms with E-state index in [1.807, 2.05) is 22.6 Å². The molecule has 18 nitrogen and oxygen atoms in total. The zero-order chi connectivity index (χ0) is 74.1. The third-order valence-electron chi connectivity index (χ3n) is 9.24. The SMILES string of the molecule is CC(=O)N(OC(F)(F)F)c1ccc(Br)cc1.CC(=O)N(OC(F)(F)F)c1ccc(Cl)cc1.CC(=O)N(OC(F)(F)F)c1ccc(F)cc1.CC(=O)N(OC(F)(F)F)c1ccc(I)cc1.CC(=O)N(OC(F)(F)F)c1cccc(F)c1.CC(=O)N(OC(F)(F)F)c1ccccc1Br. The van der Waals surface area contributed by atoms with Crippen LogP contribution < -0.4 is 30.4 Å². The summed E-state index contributed by atoms with van der Waals surface area (Å²) in [6.07, 6.45) is -29.6. The van der Waals surface area contributed by atoms with Crippen molar-refractivity contribution >= 4 is 136 Å². The van der Waals surface area contributed by atoms with Crippen molar-refractivity contribution in [1.82, 2.24) is 0 Å². The zero-order valence-corrected chi connectivity index (χ0v) is 54.6. The third-order valence-corrected chi connectivity index (χ3v) is 11.4. The van der Waals surface area contributed by atoms with Gasteiger partial charge in [-0.2, -0.15) is 59.4 Å². The van der Waals surface area contributed by atoms with Crippen LogP contribution in [0.1, 0.15) is 41.5 Å². The molecule has 0 fully saturated rings. The van der Waals surface area contributed by atoms with Gasteiger partial charge in [-0.15, -0.1) is 79.0 Å². The first-order chi connectivity index (χ1) is 43.8. The van der Waals surface area contributed by atoms with Gasteiger partial charge in [-0.1, -0.05) is 45.7 Å². The smallest absolute Gasteiger partial charge is 0.273 e. The standard InChI is InChI=1S/2C9H7BrF3NO2.C9H7ClF3NO2.2C9H7F4NO2.C9H7F3INO2/c1-6(15)14(16-9(11,12)13)8-4-2-7(10)3-5-8;1-6(15)14(16-9(11,12)13)8-5-3-2-4-7(8)10;2*1-6(15)14(16-9(11,12)13)8-4-2-7(10)3-5-8;1-6(15)14(16-9(11,12)13)8-4-2-3-7(10)5-8;1-6(15)14(16-9(10,11)12)8-4-2-7(13)3-5-8/h6*2-5H,1H3. The highest BCUT2D eigenvalue weighted by Crippen LogP contribution is 2.32. The Morgan fingerprint density at radius 1 is 0.344 bits per heavy atom. The Balaban J connectivity index is 0.000000576. The van der Waals surface area contributed by atoms with Crippen LogP contribution in [0.3, 0.4) is 0 Å². The second-order valence-electron chi connectivity index (χ2n) is 16.9. The molecule has 0 saturated carbocycles. The molecule has 96 heavy (non-hydrogen) atoms. The number of nitrogens with zero attached hydrogens (tertiary/aromatic N) is 6. The van der Waals surface area contributed by atoms with Gasteiger partial charge in [0.15, 0.2) is 0 Å². The molecule has 0 spiro atoms. The predicted molar refractivity (Wildman–Crippen MR) is 313 cm³/mol. The minimum Gasteiger partial charge on any atom is -0.273 e. The average molecular weight is 1670 g/mol. The van der Waals surface area contributed by atoms with E-state index in [4.69, 9.17) is 11.6 Å². The molecule has 0 atom stereocenters. The quantitative estimate of drug-likeness (QED) is 0.0644. The molecule has 6 rings (SSSR count). The topological polar surface area (TPSA) is 177 Å². The van der Waals surface area contributed by atoms with Crippen LogP contribution in [0.15, 0.2) is 155 Å². The van der Waals surface area contributed by atoms with E-state index < -0.39 is 85.3 Å². The minimum absolute atomic E-state index is 0.00711. The van der Waals surface area contributed by atoms with E-state index in [1.165, 1.54) is 84.9 Å². The van der Waals surface area contributed by atoms with Gasteiger partial charge in [0, 0.05) is 65.1 Å². The Bertz CT molecular complexity index is 3170. The second kappa shape index (κ2) is 38.4. The largest absolute Gasteiger partial charge is 0.544 e. The molecule has 6 aromatic carbocycles. The summed E-state index contributed by atoms with van der Waals surface area (Å²) in [5, 5.41) is 1.09. The van der Waals surface area contributed by atoms with E-state index in [9.17, 15) is 117 Å². The molecule has 0 unspecified atom stereocenters. The van der Waals surface area contributed by atoms with Crippen LogP contribution in [0, 0.1) is 15.2 Å². The highest BCUT2D eigenvalue weighted by atomic mass is 127. The number of benzene rings is 6. The average Bonchev–Trinajstić information content (AvgIpc) is 0.934. The van der Waals surface area contributed by atoms with Crippen LogP contribution in [0.5, 0.6) is 0 Å². The summed E-state index contributed by atoms with van der Waals surface area (Å²) >= 11 is 13.7. The lowest BCUT2D eigenvalue weighted by Gasteiger charge is -2.22. The summed E-state index contributed by atoms with van der Waals surface area (Å²) < 4.78 is 243. The maximum atomic E-state index is 12.7. The first-order valence-corrected chi connectivity index (χ1v) is 27.7. The maximum absolute atomic E-state index is 12.7. The number of rotatable bonds is 12. The van der Waals surface area contributed by atoms with Gasteiger partial charge in [0.05, 0.1) is 34.1 Å². The van der Waals surface area contributed by atoms with E-state index in [-0.39, 0.29) is 64.5 Å². The van der Waals surface area contributed by atoms with Crippen LogP contribution in [0.4, 0.5) is 122 Å². The Kier molecular flexibility index (Phi) is 34.6. The molecule has 0 aliphatic heterocycles. The number of carbonyl (C=O) groups excluding carboxylic acids is 6. The minimum atomic E-state index is -5.02. The second-order valence-corrected chi connectivity index (χ2v) is 20.4. The zero-order valence-electron chi connectivity index (χ0n) is 48.5. The summed E-state index contributed by atoms with van der Waals surface area (Å²) in [4.78, 5) is 87.2. The molecule has 0 bridgehead atoms. The van der Waals surface area contributed by atoms with E-state index in [0.717, 1.165) is 87.6 Å². The monoisotopic (exact) mass is 1670 g/mol. The molecule has 0 saturated heterocycles. The predicted octanol–water partition coefficient (Wildman–Crippen LogP) is 18.0. The van der Waals surface area contributed by atoms with E-state index in [2.05, 4.69) is 60.9 Å². The summed E-state index contributed by atoms with van der Waals surface area (Å²) in [7, 11) is 0. The number of hydroxylamine groups is 6. The van der Waals surface area contributed by atoms with Crippen molar-refractivity contribution in [2.24, 2.45) is 0 Å². The molecule has 0 N–H and O–H groups in total. The number of anilines is 6. The molecule has 6 aromatic rings. The van der Waals surface area contributed by atoms with E-state index in [0.29, 0.717) is 14.0 Å². The highest BCUT2D eigenvalue weighted by molar-refractivity contribution is 14.1. The first-order valence-electron chi connectivity index (χ1n) is 24.7. The summed E-state index contributed by atoms with van der Waals surface area (Å²) in [5.74, 6) is -6.84. The van der Waals surface area contributed by atoms with E-state index >= 15 is 0 Å². The molecule has 0 aliphatic carbocycles. The molecule has 42 heteroatoms. The number of hydrogen-bond acceptors (Lipinski definition) is 12. The van der Waals surface area contributed by atoms with Crippen molar-refractivity contribution in [2.75, 3.05) is 30.4 Å². The molecule has 0 radical (unpaired) electrons. The van der Waals surface area contributed by atoms with Crippen molar-refractivity contribution in [3.63, 3.8) is 0 Å². The van der Waals surface area contributed by atoms with Gasteiger partial charge in [-0.05, 0) is 160 Å². The first kappa shape index (κ1) is 86.5. The summed E-state index contributed by atoms with van der Waals surface area (Å²) in [6, 6.07) is 30.6. The van der Waals surface area contributed by atoms with E-state index in [1.54, 1.807) is 18.2 Å². The fourth-order valence-electron chi connectivity index (χ4n) is 5.92. The van der Waals surface area contributed by atoms with Crippen LogP contribution in [-0.2, 0) is 57.8 Å². The number of halogens is 24. The van der Waals surface area contributed by atoms with Gasteiger partial charge in [0.25, 0.3) is 0 Å². The molecule has 0 aliphatic rings. The summed E-state index contributed by atoms with van der Waals surface area (Å²) in [6.45, 7) is 5.68. The highest BCUT2D eigenvalue weighted by Gasteiger charge is 2.40. The molecular formula is C54H42Br2ClF20IN6O12. The van der Waals surface area contributed by atoms with Gasteiger partial charge in [-0.25, -0.2) is 8.78 Å². The number of para-hydroxylation sites is 1.